The first kappa shape index (κ1) is 17.7. The van der Waals surface area contributed by atoms with Gasteiger partial charge in [0.25, 0.3) is 0 Å². The lowest BCUT2D eigenvalue weighted by Crippen LogP contribution is -2.35. The van der Waals surface area contributed by atoms with E-state index in [4.69, 9.17) is 4.74 Å². The van der Waals surface area contributed by atoms with Crippen LogP contribution in [-0.2, 0) is 14.3 Å². The van der Waals surface area contributed by atoms with Crippen LogP contribution in [0, 0.1) is 5.92 Å². The number of hydrogen-bond donors (Lipinski definition) is 2. The van der Waals surface area contributed by atoms with Gasteiger partial charge in [0.15, 0.2) is 5.78 Å². The highest BCUT2D eigenvalue weighted by atomic mass is 16.5. The number of carbonyl (C=O) groups excluding carboxylic acids is 2. The number of carbonyl (C=O) groups is 2. The number of benzene rings is 2. The second kappa shape index (κ2) is 7.87. The van der Waals surface area contributed by atoms with Crippen LogP contribution >= 0.6 is 0 Å². The molecule has 0 aromatic heterocycles. The number of phenols is 1. The maximum absolute atomic E-state index is 12.7. The van der Waals surface area contributed by atoms with E-state index in [1.54, 1.807) is 31.2 Å². The lowest BCUT2D eigenvalue weighted by molar-refractivity contribution is -0.151. The van der Waals surface area contributed by atoms with Crippen molar-refractivity contribution in [2.24, 2.45) is 5.92 Å². The summed E-state index contributed by atoms with van der Waals surface area (Å²) in [5, 5.41) is 12.6. The molecule has 2 aromatic rings. The van der Waals surface area contributed by atoms with Crippen molar-refractivity contribution < 1.29 is 19.4 Å². The first-order valence-corrected chi connectivity index (χ1v) is 8.60. The Morgan fingerprint density at radius 1 is 1.15 bits per heavy atom. The third kappa shape index (κ3) is 3.94. The van der Waals surface area contributed by atoms with Crippen LogP contribution in [0.5, 0.6) is 5.75 Å². The van der Waals surface area contributed by atoms with Gasteiger partial charge in [0.05, 0.1) is 6.61 Å². The molecule has 5 heteroatoms. The summed E-state index contributed by atoms with van der Waals surface area (Å²) in [5.74, 6) is -1.68. The molecule has 0 spiro atoms. The zero-order valence-corrected chi connectivity index (χ0v) is 14.5. The SMILES string of the molecule is CCOC(=O)C1C(=O)C=C(Nc2ccc(O)cc2)CC1c1ccccc1. The van der Waals surface area contributed by atoms with Gasteiger partial charge < -0.3 is 15.2 Å². The van der Waals surface area contributed by atoms with Gasteiger partial charge in [-0.05, 0) is 43.2 Å². The third-order valence-electron chi connectivity index (χ3n) is 4.41. The normalized spacial score (nSPS) is 19.6. The van der Waals surface area contributed by atoms with Crippen LogP contribution in [0.15, 0.2) is 66.4 Å². The predicted molar refractivity (Wildman–Crippen MR) is 98.7 cm³/mol. The molecule has 0 amide bonds. The summed E-state index contributed by atoms with van der Waals surface area (Å²) >= 11 is 0. The number of rotatable bonds is 5. The van der Waals surface area contributed by atoms with E-state index in [1.165, 1.54) is 6.08 Å². The highest BCUT2D eigenvalue weighted by molar-refractivity contribution is 6.07. The Morgan fingerprint density at radius 2 is 1.85 bits per heavy atom. The molecule has 2 N–H and O–H groups in total. The van der Waals surface area contributed by atoms with Crippen molar-refractivity contribution in [3.05, 3.63) is 71.9 Å². The van der Waals surface area contributed by atoms with E-state index < -0.39 is 11.9 Å². The van der Waals surface area contributed by atoms with E-state index >= 15 is 0 Å². The van der Waals surface area contributed by atoms with Gasteiger partial charge in [-0.25, -0.2) is 0 Å². The lowest BCUT2D eigenvalue weighted by atomic mass is 9.76. The second-order valence-electron chi connectivity index (χ2n) is 6.19. The summed E-state index contributed by atoms with van der Waals surface area (Å²) in [7, 11) is 0. The van der Waals surface area contributed by atoms with Crippen LogP contribution in [0.4, 0.5) is 5.69 Å². The van der Waals surface area contributed by atoms with Gasteiger partial charge in [-0.15, -0.1) is 0 Å². The molecule has 3 rings (SSSR count). The van der Waals surface area contributed by atoms with Crippen molar-refractivity contribution in [3.8, 4) is 5.75 Å². The molecule has 1 aliphatic rings. The Balaban J connectivity index is 1.89. The van der Waals surface area contributed by atoms with Gasteiger partial charge in [0.1, 0.15) is 11.7 Å². The van der Waals surface area contributed by atoms with Crippen molar-refractivity contribution in [2.45, 2.75) is 19.3 Å². The average molecular weight is 351 g/mol. The minimum Gasteiger partial charge on any atom is -0.508 e. The Morgan fingerprint density at radius 3 is 2.50 bits per heavy atom. The number of nitrogens with one attached hydrogen (secondary N) is 1. The minimum atomic E-state index is -0.831. The number of ether oxygens (including phenoxy) is 1. The molecule has 5 nitrogen and oxygen atoms in total. The monoisotopic (exact) mass is 351 g/mol. The molecule has 1 aliphatic carbocycles. The van der Waals surface area contributed by atoms with Crippen molar-refractivity contribution in [3.63, 3.8) is 0 Å². The molecule has 0 aliphatic heterocycles. The van der Waals surface area contributed by atoms with Gasteiger partial charge in [-0.3, -0.25) is 9.59 Å². The molecule has 2 atom stereocenters. The highest BCUT2D eigenvalue weighted by Crippen LogP contribution is 2.37. The molecule has 0 saturated carbocycles. The first-order chi connectivity index (χ1) is 12.6. The number of hydrogen-bond acceptors (Lipinski definition) is 5. The Labute approximate surface area is 152 Å². The zero-order chi connectivity index (χ0) is 18.5. The van der Waals surface area contributed by atoms with E-state index in [1.807, 2.05) is 30.3 Å². The van der Waals surface area contributed by atoms with Gasteiger partial charge in [-0.1, -0.05) is 30.3 Å². The van der Waals surface area contributed by atoms with Gasteiger partial charge >= 0.3 is 5.97 Å². The quantitative estimate of drug-likeness (QED) is 0.489. The van der Waals surface area contributed by atoms with Gasteiger partial charge in [-0.2, -0.15) is 0 Å². The van der Waals surface area contributed by atoms with Crippen molar-refractivity contribution in [1.29, 1.82) is 0 Å². The Hall–Kier alpha value is -3.08. The summed E-state index contributed by atoms with van der Waals surface area (Å²) < 4.78 is 5.13. The van der Waals surface area contributed by atoms with Crippen LogP contribution in [-0.4, -0.2) is 23.5 Å². The maximum Gasteiger partial charge on any atom is 0.317 e. The number of ketones is 1. The van der Waals surface area contributed by atoms with Crippen LogP contribution in [0.1, 0.15) is 24.8 Å². The summed E-state index contributed by atoms with van der Waals surface area (Å²) in [5.41, 5.74) is 2.43. The number of anilines is 1. The average Bonchev–Trinajstić information content (AvgIpc) is 2.64. The molecule has 2 unspecified atom stereocenters. The largest absolute Gasteiger partial charge is 0.508 e. The fourth-order valence-electron chi connectivity index (χ4n) is 3.21. The number of aromatic hydroxyl groups is 1. The minimum absolute atomic E-state index is 0.175. The van der Waals surface area contributed by atoms with Crippen molar-refractivity contribution in [1.82, 2.24) is 0 Å². The van der Waals surface area contributed by atoms with E-state index in [0.29, 0.717) is 6.42 Å². The second-order valence-corrected chi connectivity index (χ2v) is 6.19. The molecule has 0 heterocycles. The smallest absolute Gasteiger partial charge is 0.317 e. The standard InChI is InChI=1S/C21H21NO4/c1-2-26-21(25)20-18(14-6-4-3-5-7-14)12-16(13-19(20)24)22-15-8-10-17(23)11-9-15/h3-11,13,18,20,22-23H,2,12H2,1H3. The number of esters is 1. The summed E-state index contributed by atoms with van der Waals surface area (Å²) in [6.07, 6.45) is 1.99. The van der Waals surface area contributed by atoms with E-state index in [2.05, 4.69) is 5.32 Å². The Bertz CT molecular complexity index is 812. The number of allylic oxidation sites excluding steroid dienone is 2. The predicted octanol–water partition coefficient (Wildman–Crippen LogP) is 3.62. The molecule has 0 fully saturated rings. The summed E-state index contributed by atoms with van der Waals surface area (Å²) in [6, 6.07) is 16.2. The van der Waals surface area contributed by atoms with Gasteiger partial charge in [0, 0.05) is 23.4 Å². The molecule has 0 bridgehead atoms. The fraction of sp³-hybridized carbons (Fsp3) is 0.238. The molecule has 134 valence electrons. The molecular weight excluding hydrogens is 330 g/mol. The third-order valence-corrected chi connectivity index (χ3v) is 4.41. The molecular formula is C21H21NO4. The van der Waals surface area contributed by atoms with Crippen LogP contribution < -0.4 is 5.32 Å². The molecule has 0 radical (unpaired) electrons. The summed E-state index contributed by atoms with van der Waals surface area (Å²) in [4.78, 5) is 25.1. The van der Waals surface area contributed by atoms with Crippen molar-refractivity contribution in [2.75, 3.05) is 11.9 Å². The van der Waals surface area contributed by atoms with E-state index in [-0.39, 0.29) is 24.1 Å². The van der Waals surface area contributed by atoms with E-state index in [9.17, 15) is 14.7 Å². The van der Waals surface area contributed by atoms with Crippen LogP contribution in [0.3, 0.4) is 0 Å². The van der Waals surface area contributed by atoms with E-state index in [0.717, 1.165) is 16.9 Å². The zero-order valence-electron chi connectivity index (χ0n) is 14.5. The molecule has 26 heavy (non-hydrogen) atoms. The van der Waals surface area contributed by atoms with Crippen LogP contribution in [0.2, 0.25) is 0 Å². The highest BCUT2D eigenvalue weighted by Gasteiger charge is 2.39. The van der Waals surface area contributed by atoms with Crippen molar-refractivity contribution >= 4 is 17.4 Å². The summed E-state index contributed by atoms with van der Waals surface area (Å²) in [6.45, 7) is 1.98. The molecule has 0 saturated heterocycles. The maximum atomic E-state index is 12.7. The lowest BCUT2D eigenvalue weighted by Gasteiger charge is -2.29. The van der Waals surface area contributed by atoms with Crippen LogP contribution in [0.25, 0.3) is 0 Å². The Kier molecular flexibility index (Phi) is 5.37. The molecule has 2 aromatic carbocycles. The van der Waals surface area contributed by atoms with Gasteiger partial charge in [0.2, 0.25) is 0 Å². The fourth-order valence-corrected chi connectivity index (χ4v) is 3.21. The first-order valence-electron chi connectivity index (χ1n) is 8.60. The topological polar surface area (TPSA) is 75.6 Å². The number of phenolic OH excluding ortho intramolecular Hbond substituents is 1.